The van der Waals surface area contributed by atoms with Gasteiger partial charge in [0.15, 0.2) is 0 Å². The third kappa shape index (κ3) is 3.65. The number of carbonyl (C=O) groups is 1. The molecule has 0 atom stereocenters. The molecule has 0 bridgehead atoms. The summed E-state index contributed by atoms with van der Waals surface area (Å²) in [6.07, 6.45) is 2.08. The first-order valence-corrected chi connectivity index (χ1v) is 6.34. The highest BCUT2D eigenvalue weighted by molar-refractivity contribution is 14.1. The average Bonchev–Trinajstić information content (AvgIpc) is 2.22. The molecule has 0 aliphatic heterocycles. The van der Waals surface area contributed by atoms with Gasteiger partial charge in [0.1, 0.15) is 0 Å². The van der Waals surface area contributed by atoms with Crippen molar-refractivity contribution in [1.82, 2.24) is 5.32 Å². The van der Waals surface area contributed by atoms with Crippen LogP contribution in [0.4, 0.5) is 0 Å². The summed E-state index contributed by atoms with van der Waals surface area (Å²) < 4.78 is 0.811. The first kappa shape index (κ1) is 12.8. The van der Waals surface area contributed by atoms with Gasteiger partial charge in [-0.1, -0.05) is 31.0 Å². The Labute approximate surface area is 109 Å². The van der Waals surface area contributed by atoms with Gasteiger partial charge in [-0.25, -0.2) is 0 Å². The van der Waals surface area contributed by atoms with Crippen LogP contribution >= 0.6 is 34.2 Å². The van der Waals surface area contributed by atoms with E-state index in [-0.39, 0.29) is 5.91 Å². The van der Waals surface area contributed by atoms with Crippen molar-refractivity contribution in [1.29, 1.82) is 0 Å². The van der Waals surface area contributed by atoms with E-state index in [0.717, 1.165) is 23.0 Å². The molecule has 0 spiro atoms. The van der Waals surface area contributed by atoms with Crippen LogP contribution in [-0.2, 0) is 0 Å². The van der Waals surface area contributed by atoms with E-state index in [1.807, 2.05) is 0 Å². The lowest BCUT2D eigenvalue weighted by atomic mass is 10.2. The van der Waals surface area contributed by atoms with Gasteiger partial charge < -0.3 is 5.32 Å². The quantitative estimate of drug-likeness (QED) is 0.661. The van der Waals surface area contributed by atoms with Crippen molar-refractivity contribution in [3.8, 4) is 0 Å². The van der Waals surface area contributed by atoms with Crippen LogP contribution < -0.4 is 5.32 Å². The van der Waals surface area contributed by atoms with Gasteiger partial charge in [-0.05, 0) is 41.1 Å². The number of amides is 1. The topological polar surface area (TPSA) is 29.1 Å². The summed E-state index contributed by atoms with van der Waals surface area (Å²) in [5.74, 6) is -0.0460. The van der Waals surface area contributed by atoms with Crippen molar-refractivity contribution in [2.45, 2.75) is 19.8 Å². The van der Waals surface area contributed by atoms with Gasteiger partial charge in [0, 0.05) is 10.1 Å². The molecular weight excluding hydrogens is 324 g/mol. The van der Waals surface area contributed by atoms with Crippen LogP contribution in [0.15, 0.2) is 18.2 Å². The maximum absolute atomic E-state index is 11.7. The minimum Gasteiger partial charge on any atom is -0.352 e. The van der Waals surface area contributed by atoms with Crippen LogP contribution in [0, 0.1) is 3.57 Å². The van der Waals surface area contributed by atoms with Gasteiger partial charge >= 0.3 is 0 Å². The summed E-state index contributed by atoms with van der Waals surface area (Å²) in [4.78, 5) is 11.7. The lowest BCUT2D eigenvalue weighted by Gasteiger charge is -2.06. The third-order valence-electron chi connectivity index (χ3n) is 2.01. The fourth-order valence-electron chi connectivity index (χ4n) is 1.15. The summed E-state index contributed by atoms with van der Waals surface area (Å²) in [5, 5.41) is 3.49. The summed E-state index contributed by atoms with van der Waals surface area (Å²) in [5.41, 5.74) is 0.652. The molecule has 1 aromatic carbocycles. The van der Waals surface area contributed by atoms with Crippen molar-refractivity contribution >= 4 is 40.1 Å². The van der Waals surface area contributed by atoms with Gasteiger partial charge in [0.2, 0.25) is 0 Å². The highest BCUT2D eigenvalue weighted by atomic mass is 127. The van der Waals surface area contributed by atoms with Crippen LogP contribution in [0.2, 0.25) is 5.02 Å². The lowest BCUT2D eigenvalue weighted by Crippen LogP contribution is -2.25. The maximum atomic E-state index is 11.7. The number of rotatable bonds is 4. The van der Waals surface area contributed by atoms with E-state index < -0.39 is 0 Å². The second-order valence-electron chi connectivity index (χ2n) is 3.21. The standard InChI is InChI=1S/C11H13ClINO/c1-2-3-7-14-11(15)8-5-4-6-9(12)10(8)13/h4-6H,2-3,7H2,1H3,(H,14,15). The molecule has 1 amide bonds. The van der Waals surface area contributed by atoms with Crippen molar-refractivity contribution in [3.63, 3.8) is 0 Å². The normalized spacial score (nSPS) is 10.1. The number of benzene rings is 1. The molecule has 15 heavy (non-hydrogen) atoms. The molecule has 0 unspecified atom stereocenters. The van der Waals surface area contributed by atoms with E-state index in [2.05, 4.69) is 34.8 Å². The number of nitrogens with one attached hydrogen (secondary N) is 1. The Hall–Kier alpha value is -0.290. The van der Waals surface area contributed by atoms with Crippen LogP contribution in [0.1, 0.15) is 30.1 Å². The van der Waals surface area contributed by atoms with Crippen LogP contribution in [-0.4, -0.2) is 12.5 Å². The van der Waals surface area contributed by atoms with Crippen molar-refractivity contribution in [2.24, 2.45) is 0 Å². The lowest BCUT2D eigenvalue weighted by molar-refractivity contribution is 0.0952. The van der Waals surface area contributed by atoms with Crippen molar-refractivity contribution in [3.05, 3.63) is 32.4 Å². The van der Waals surface area contributed by atoms with Crippen LogP contribution in [0.5, 0.6) is 0 Å². The molecule has 2 nitrogen and oxygen atoms in total. The van der Waals surface area contributed by atoms with Crippen molar-refractivity contribution < 1.29 is 4.79 Å². The zero-order chi connectivity index (χ0) is 11.3. The minimum absolute atomic E-state index is 0.0460. The predicted molar refractivity (Wildman–Crippen MR) is 71.4 cm³/mol. The van der Waals surface area contributed by atoms with Gasteiger partial charge in [-0.3, -0.25) is 4.79 Å². The molecule has 0 saturated carbocycles. The second kappa shape index (κ2) is 6.33. The van der Waals surface area contributed by atoms with Gasteiger partial charge in [0.25, 0.3) is 5.91 Å². The van der Waals surface area contributed by atoms with Gasteiger partial charge in [0.05, 0.1) is 10.6 Å². The van der Waals surface area contributed by atoms with Crippen LogP contribution in [0.25, 0.3) is 0 Å². The van der Waals surface area contributed by atoms with E-state index in [4.69, 9.17) is 11.6 Å². The highest BCUT2D eigenvalue weighted by Gasteiger charge is 2.10. The molecule has 1 rings (SSSR count). The molecule has 4 heteroatoms. The number of hydrogen-bond donors (Lipinski definition) is 1. The molecule has 0 radical (unpaired) electrons. The fourth-order valence-corrected chi connectivity index (χ4v) is 1.93. The summed E-state index contributed by atoms with van der Waals surface area (Å²) in [7, 11) is 0. The smallest absolute Gasteiger partial charge is 0.252 e. The van der Waals surface area contributed by atoms with E-state index >= 15 is 0 Å². The second-order valence-corrected chi connectivity index (χ2v) is 4.70. The molecule has 1 aromatic rings. The number of carbonyl (C=O) groups excluding carboxylic acids is 1. The van der Waals surface area contributed by atoms with E-state index in [9.17, 15) is 4.79 Å². The molecule has 0 aromatic heterocycles. The molecule has 0 aliphatic rings. The van der Waals surface area contributed by atoms with Crippen LogP contribution in [0.3, 0.4) is 0 Å². The Morgan fingerprint density at radius 3 is 2.93 bits per heavy atom. The first-order valence-electron chi connectivity index (χ1n) is 4.89. The SMILES string of the molecule is CCCCNC(=O)c1cccc(Cl)c1I. The zero-order valence-corrected chi connectivity index (χ0v) is 11.4. The number of unbranched alkanes of at least 4 members (excludes halogenated alkanes) is 1. The third-order valence-corrected chi connectivity index (χ3v) is 3.81. The Morgan fingerprint density at radius 2 is 2.27 bits per heavy atom. The monoisotopic (exact) mass is 337 g/mol. The predicted octanol–water partition coefficient (Wildman–Crippen LogP) is 3.47. The summed E-state index contributed by atoms with van der Waals surface area (Å²) >= 11 is 8.02. The summed E-state index contributed by atoms with van der Waals surface area (Å²) in [6, 6.07) is 5.36. The Bertz CT molecular complexity index is 354. The maximum Gasteiger partial charge on any atom is 0.252 e. The average molecular weight is 338 g/mol. The van der Waals surface area contributed by atoms with Gasteiger partial charge in [-0.15, -0.1) is 0 Å². The molecule has 1 N–H and O–H groups in total. The molecular formula is C11H13ClINO. The largest absolute Gasteiger partial charge is 0.352 e. The van der Waals surface area contributed by atoms with E-state index in [0.29, 0.717) is 10.6 Å². The zero-order valence-electron chi connectivity index (χ0n) is 8.52. The molecule has 0 saturated heterocycles. The molecule has 0 fully saturated rings. The minimum atomic E-state index is -0.0460. The van der Waals surface area contributed by atoms with E-state index in [1.165, 1.54) is 0 Å². The van der Waals surface area contributed by atoms with Crippen molar-refractivity contribution in [2.75, 3.05) is 6.54 Å². The Morgan fingerprint density at radius 1 is 1.53 bits per heavy atom. The molecule has 0 heterocycles. The molecule has 82 valence electrons. The van der Waals surface area contributed by atoms with E-state index in [1.54, 1.807) is 18.2 Å². The number of halogens is 2. The fraction of sp³-hybridized carbons (Fsp3) is 0.364. The Balaban J connectivity index is 2.69. The highest BCUT2D eigenvalue weighted by Crippen LogP contribution is 2.21. The number of hydrogen-bond acceptors (Lipinski definition) is 1. The Kier molecular flexibility index (Phi) is 5.39. The first-order chi connectivity index (χ1) is 7.16. The summed E-state index contributed by atoms with van der Waals surface area (Å²) in [6.45, 7) is 2.81. The van der Waals surface area contributed by atoms with Gasteiger partial charge in [-0.2, -0.15) is 0 Å². The molecule has 0 aliphatic carbocycles.